The summed E-state index contributed by atoms with van der Waals surface area (Å²) in [5, 5.41) is 10.4. The maximum absolute atomic E-state index is 13.9. The van der Waals surface area contributed by atoms with Gasteiger partial charge in [-0.2, -0.15) is 0 Å². The van der Waals surface area contributed by atoms with Gasteiger partial charge in [0.05, 0.1) is 0 Å². The zero-order chi connectivity index (χ0) is 19.1. The fourth-order valence-electron chi connectivity index (χ4n) is 2.59. The number of anilines is 1. The Morgan fingerprint density at radius 1 is 0.880 bits per heavy atom. The predicted octanol–water partition coefficient (Wildman–Crippen LogP) is 5.02. The molecule has 0 bridgehead atoms. The molecule has 0 radical (unpaired) electrons. The maximum Gasteiger partial charge on any atom is 0.200 e. The van der Waals surface area contributed by atoms with Crippen LogP contribution in [0, 0.1) is 29.1 Å². The molecule has 0 aliphatic heterocycles. The molecule has 0 aromatic heterocycles. The molecule has 2 rings (SSSR count). The van der Waals surface area contributed by atoms with Crippen molar-refractivity contribution < 1.29 is 27.1 Å². The van der Waals surface area contributed by atoms with Gasteiger partial charge in [0.25, 0.3) is 0 Å². The molecule has 25 heavy (non-hydrogen) atoms. The van der Waals surface area contributed by atoms with Gasteiger partial charge in [0.1, 0.15) is 11.4 Å². The summed E-state index contributed by atoms with van der Waals surface area (Å²) >= 11 is 0. The second-order valence-corrected chi connectivity index (χ2v) is 6.84. The fourth-order valence-corrected chi connectivity index (χ4v) is 2.59. The van der Waals surface area contributed by atoms with Gasteiger partial charge in [-0.05, 0) is 11.0 Å². The first-order chi connectivity index (χ1) is 11.5. The van der Waals surface area contributed by atoms with Crippen molar-refractivity contribution in [2.45, 2.75) is 32.7 Å². The molecule has 0 unspecified atom stereocenters. The van der Waals surface area contributed by atoms with Crippen molar-refractivity contribution >= 4 is 5.69 Å². The molecule has 0 atom stereocenters. The van der Waals surface area contributed by atoms with Crippen LogP contribution in [-0.4, -0.2) is 12.2 Å². The summed E-state index contributed by atoms with van der Waals surface area (Å²) in [6.07, 6.45) is 0. The topological polar surface area (TPSA) is 23.5 Å². The van der Waals surface area contributed by atoms with E-state index in [4.69, 9.17) is 0 Å². The second-order valence-electron chi connectivity index (χ2n) is 6.84. The molecule has 0 spiro atoms. The number of benzene rings is 2. The van der Waals surface area contributed by atoms with E-state index in [-0.39, 0.29) is 17.7 Å². The van der Waals surface area contributed by atoms with Crippen molar-refractivity contribution in [3.63, 3.8) is 0 Å². The van der Waals surface area contributed by atoms with Crippen molar-refractivity contribution in [2.24, 2.45) is 0 Å². The smallest absolute Gasteiger partial charge is 0.200 e. The molecule has 0 fully saturated rings. The van der Waals surface area contributed by atoms with Crippen LogP contribution >= 0.6 is 0 Å². The van der Waals surface area contributed by atoms with E-state index in [9.17, 15) is 27.1 Å². The Morgan fingerprint density at radius 2 is 1.36 bits per heavy atom. The molecule has 0 aliphatic carbocycles. The number of para-hydroxylation sites is 1. The molecule has 0 saturated carbocycles. The Bertz CT molecular complexity index is 785. The fraction of sp³-hybridized carbons (Fsp3) is 0.333. The Morgan fingerprint density at radius 3 is 1.84 bits per heavy atom. The lowest BCUT2D eigenvalue weighted by atomic mass is 9.85. The Labute approximate surface area is 142 Å². The first-order valence-electron chi connectivity index (χ1n) is 7.50. The van der Waals surface area contributed by atoms with Crippen LogP contribution in [0.25, 0.3) is 0 Å². The molecular formula is C18H18F5NO. The van der Waals surface area contributed by atoms with Crippen LogP contribution in [0.15, 0.2) is 18.2 Å². The van der Waals surface area contributed by atoms with Crippen molar-refractivity contribution in [1.29, 1.82) is 0 Å². The number of phenols is 1. The lowest BCUT2D eigenvalue weighted by Crippen LogP contribution is -2.22. The van der Waals surface area contributed by atoms with Gasteiger partial charge in [0.2, 0.25) is 5.82 Å². The lowest BCUT2D eigenvalue weighted by Gasteiger charge is -2.25. The number of nitrogens with zero attached hydrogens (tertiary/aromatic N) is 1. The normalized spacial score (nSPS) is 11.7. The van der Waals surface area contributed by atoms with Gasteiger partial charge in [0, 0.05) is 19.2 Å². The summed E-state index contributed by atoms with van der Waals surface area (Å²) < 4.78 is 67.7. The van der Waals surface area contributed by atoms with Gasteiger partial charge in [-0.3, -0.25) is 0 Å². The maximum atomic E-state index is 13.9. The molecule has 1 N–H and O–H groups in total. The number of hydrogen-bond acceptors (Lipinski definition) is 2. The van der Waals surface area contributed by atoms with Gasteiger partial charge < -0.3 is 10.0 Å². The minimum absolute atomic E-state index is 0.0780. The van der Waals surface area contributed by atoms with Crippen molar-refractivity contribution in [3.8, 4) is 5.75 Å². The van der Waals surface area contributed by atoms with Crippen molar-refractivity contribution in [1.82, 2.24) is 0 Å². The number of phenolic OH excluding ortho intramolecular Hbond substituents is 1. The van der Waals surface area contributed by atoms with Gasteiger partial charge >= 0.3 is 0 Å². The van der Waals surface area contributed by atoms with Crippen LogP contribution in [0.3, 0.4) is 0 Å². The van der Waals surface area contributed by atoms with Gasteiger partial charge in [0.15, 0.2) is 23.3 Å². The van der Waals surface area contributed by atoms with Gasteiger partial charge in [-0.15, -0.1) is 0 Å². The minimum Gasteiger partial charge on any atom is -0.507 e. The lowest BCUT2D eigenvalue weighted by molar-refractivity contribution is 0.378. The number of halogens is 5. The van der Waals surface area contributed by atoms with E-state index in [2.05, 4.69) is 0 Å². The van der Waals surface area contributed by atoms with Crippen LogP contribution in [0.1, 0.15) is 31.9 Å². The molecule has 0 saturated heterocycles. The number of hydrogen-bond donors (Lipinski definition) is 1. The van der Waals surface area contributed by atoms with E-state index in [0.717, 1.165) is 4.90 Å². The molecule has 2 aromatic rings. The van der Waals surface area contributed by atoms with Gasteiger partial charge in [-0.1, -0.05) is 39.0 Å². The second kappa shape index (κ2) is 6.54. The third kappa shape index (κ3) is 3.41. The van der Waals surface area contributed by atoms with E-state index < -0.39 is 34.8 Å². The molecule has 2 aromatic carbocycles. The molecule has 0 aliphatic rings. The van der Waals surface area contributed by atoms with Crippen LogP contribution in [0.4, 0.5) is 27.6 Å². The number of aromatic hydroxyl groups is 1. The highest BCUT2D eigenvalue weighted by Gasteiger charge is 2.28. The Kier molecular flexibility index (Phi) is 4.97. The van der Waals surface area contributed by atoms with Crippen LogP contribution < -0.4 is 4.90 Å². The van der Waals surface area contributed by atoms with E-state index in [0.29, 0.717) is 11.1 Å². The predicted molar refractivity (Wildman–Crippen MR) is 85.1 cm³/mol. The highest BCUT2D eigenvalue weighted by molar-refractivity contribution is 5.52. The summed E-state index contributed by atoms with van der Waals surface area (Å²) in [5.41, 5.74) is -0.518. The molecule has 136 valence electrons. The summed E-state index contributed by atoms with van der Waals surface area (Å²) in [6, 6.07) is 4.88. The molecule has 0 amide bonds. The summed E-state index contributed by atoms with van der Waals surface area (Å²) in [7, 11) is 1.18. The molecule has 7 heteroatoms. The van der Waals surface area contributed by atoms with Crippen molar-refractivity contribution in [2.75, 3.05) is 11.9 Å². The average molecular weight is 359 g/mol. The molecule has 0 heterocycles. The molecular weight excluding hydrogens is 341 g/mol. The zero-order valence-corrected chi connectivity index (χ0v) is 14.2. The van der Waals surface area contributed by atoms with E-state index in [1.165, 1.54) is 13.1 Å². The third-order valence-corrected chi connectivity index (χ3v) is 3.90. The largest absolute Gasteiger partial charge is 0.507 e. The number of rotatable bonds is 3. The highest BCUT2D eigenvalue weighted by Crippen LogP contribution is 2.35. The first kappa shape index (κ1) is 19.0. The highest BCUT2D eigenvalue weighted by atomic mass is 19.2. The first-order valence-corrected chi connectivity index (χ1v) is 7.50. The Hall–Kier alpha value is -2.31. The zero-order valence-electron chi connectivity index (χ0n) is 14.2. The summed E-state index contributed by atoms with van der Waals surface area (Å²) in [5.74, 6) is -10.1. The standard InChI is InChI=1S/C18H18F5NO/c1-18(2,3)10-7-5-6-9(17(10)25)8-24(4)16-14(22)12(20)11(19)13(21)15(16)23/h5-7,25H,8H2,1-4H3. The summed E-state index contributed by atoms with van der Waals surface area (Å²) in [4.78, 5) is 0.873. The average Bonchev–Trinajstić information content (AvgIpc) is 2.52. The Balaban J connectivity index is 2.48. The van der Waals surface area contributed by atoms with Crippen LogP contribution in [0.2, 0.25) is 0 Å². The third-order valence-electron chi connectivity index (χ3n) is 3.90. The van der Waals surface area contributed by atoms with Crippen LogP contribution in [0.5, 0.6) is 5.75 Å². The van der Waals surface area contributed by atoms with Crippen LogP contribution in [-0.2, 0) is 12.0 Å². The quantitative estimate of drug-likeness (QED) is 0.472. The van der Waals surface area contributed by atoms with E-state index in [1.54, 1.807) is 12.1 Å². The summed E-state index contributed by atoms with van der Waals surface area (Å²) in [6.45, 7) is 5.38. The SMILES string of the molecule is CN(Cc1cccc(C(C)(C)C)c1O)c1c(F)c(F)c(F)c(F)c1F. The van der Waals surface area contributed by atoms with Gasteiger partial charge in [-0.25, -0.2) is 22.0 Å². The minimum atomic E-state index is -2.20. The van der Waals surface area contributed by atoms with E-state index in [1.807, 2.05) is 20.8 Å². The van der Waals surface area contributed by atoms with E-state index >= 15 is 0 Å². The molecule has 2 nitrogen and oxygen atoms in total. The monoisotopic (exact) mass is 359 g/mol. The van der Waals surface area contributed by atoms with Crippen molar-refractivity contribution in [3.05, 3.63) is 58.4 Å².